The lowest BCUT2D eigenvalue weighted by Gasteiger charge is -2.19. The molecule has 12 heavy (non-hydrogen) atoms. The normalized spacial score (nSPS) is 15.1. The average Bonchev–Trinajstić information content (AvgIpc) is 1.97. The first kappa shape index (κ1) is 11.3. The summed E-state index contributed by atoms with van der Waals surface area (Å²) in [6.07, 6.45) is 4.30. The van der Waals surface area contributed by atoms with Crippen molar-refractivity contribution in [2.45, 2.75) is 41.0 Å². The summed E-state index contributed by atoms with van der Waals surface area (Å²) in [4.78, 5) is 0. The number of hydrogen-bond donors (Lipinski definition) is 1. The zero-order chi connectivity index (χ0) is 9.78. The van der Waals surface area contributed by atoms with Crippen molar-refractivity contribution in [1.82, 2.24) is 0 Å². The van der Waals surface area contributed by atoms with Gasteiger partial charge in [0.15, 0.2) is 0 Å². The van der Waals surface area contributed by atoms with Gasteiger partial charge in [-0.2, -0.15) is 0 Å². The standard InChI is InChI=1S/C11H20O/c1-6-9(2)7-10(8-12)11(3,4)5/h7-8,12H,6H2,1-5H3/b9-7+,10-8-. The Morgan fingerprint density at radius 3 is 2.08 bits per heavy atom. The summed E-state index contributed by atoms with van der Waals surface area (Å²) < 4.78 is 0. The summed E-state index contributed by atoms with van der Waals surface area (Å²) in [6.45, 7) is 10.5. The highest BCUT2D eigenvalue weighted by Crippen LogP contribution is 2.26. The van der Waals surface area contributed by atoms with Gasteiger partial charge in [-0.25, -0.2) is 0 Å². The largest absolute Gasteiger partial charge is 0.515 e. The Morgan fingerprint density at radius 2 is 1.83 bits per heavy atom. The maximum atomic E-state index is 9.00. The van der Waals surface area contributed by atoms with Crippen molar-refractivity contribution < 1.29 is 5.11 Å². The van der Waals surface area contributed by atoms with Gasteiger partial charge in [0, 0.05) is 0 Å². The van der Waals surface area contributed by atoms with E-state index in [1.807, 2.05) is 0 Å². The molecular weight excluding hydrogens is 148 g/mol. The molecule has 0 spiro atoms. The van der Waals surface area contributed by atoms with Crippen LogP contribution in [0.1, 0.15) is 41.0 Å². The summed E-state index contributed by atoms with van der Waals surface area (Å²) in [6, 6.07) is 0. The summed E-state index contributed by atoms with van der Waals surface area (Å²) >= 11 is 0. The number of allylic oxidation sites excluding steroid dienone is 3. The molecule has 0 aromatic carbocycles. The first-order chi connectivity index (χ1) is 5.41. The first-order valence-corrected chi connectivity index (χ1v) is 4.43. The minimum atomic E-state index is 0.0329. The minimum Gasteiger partial charge on any atom is -0.515 e. The minimum absolute atomic E-state index is 0.0329. The number of rotatable bonds is 2. The highest BCUT2D eigenvalue weighted by Gasteiger charge is 2.14. The summed E-state index contributed by atoms with van der Waals surface area (Å²) in [5.41, 5.74) is 2.32. The monoisotopic (exact) mass is 168 g/mol. The summed E-state index contributed by atoms with van der Waals surface area (Å²) in [5.74, 6) is 0. The maximum Gasteiger partial charge on any atom is 0.0828 e. The predicted octanol–water partition coefficient (Wildman–Crippen LogP) is 3.83. The molecule has 0 rings (SSSR count). The van der Waals surface area contributed by atoms with Crippen LogP contribution in [0.25, 0.3) is 0 Å². The van der Waals surface area contributed by atoms with Gasteiger partial charge in [-0.3, -0.25) is 0 Å². The van der Waals surface area contributed by atoms with Gasteiger partial charge in [0.1, 0.15) is 0 Å². The van der Waals surface area contributed by atoms with Crippen LogP contribution in [-0.2, 0) is 0 Å². The molecule has 1 heteroatoms. The van der Waals surface area contributed by atoms with Crippen molar-refractivity contribution in [3.63, 3.8) is 0 Å². The van der Waals surface area contributed by atoms with E-state index in [1.54, 1.807) is 0 Å². The number of aliphatic hydroxyl groups is 1. The molecule has 0 aromatic rings. The molecule has 0 radical (unpaired) electrons. The Kier molecular flexibility index (Phi) is 4.08. The fourth-order valence-electron chi connectivity index (χ4n) is 0.815. The van der Waals surface area contributed by atoms with Crippen molar-refractivity contribution in [3.05, 3.63) is 23.5 Å². The topological polar surface area (TPSA) is 20.2 Å². The highest BCUT2D eigenvalue weighted by atomic mass is 16.2. The Bertz CT molecular complexity index is 192. The van der Waals surface area contributed by atoms with Crippen molar-refractivity contribution in [3.8, 4) is 0 Å². The SMILES string of the molecule is CC/C(C)=C/C(=C/O)C(C)(C)C. The van der Waals surface area contributed by atoms with Crippen molar-refractivity contribution >= 4 is 0 Å². The van der Waals surface area contributed by atoms with E-state index in [2.05, 4.69) is 40.7 Å². The Balaban J connectivity index is 4.63. The second kappa shape index (κ2) is 4.34. The Morgan fingerprint density at radius 1 is 1.33 bits per heavy atom. The molecule has 0 unspecified atom stereocenters. The van der Waals surface area contributed by atoms with Crippen molar-refractivity contribution in [2.24, 2.45) is 5.41 Å². The predicted molar refractivity (Wildman–Crippen MR) is 54.2 cm³/mol. The third-order valence-electron chi connectivity index (χ3n) is 1.96. The molecule has 0 aliphatic carbocycles. The smallest absolute Gasteiger partial charge is 0.0828 e. The average molecular weight is 168 g/mol. The quantitative estimate of drug-likeness (QED) is 0.490. The molecule has 0 atom stereocenters. The second-order valence-electron chi connectivity index (χ2n) is 4.18. The van der Waals surface area contributed by atoms with E-state index in [-0.39, 0.29) is 5.41 Å². The number of hydrogen-bond acceptors (Lipinski definition) is 1. The molecule has 0 aromatic heterocycles. The van der Waals surface area contributed by atoms with Crippen LogP contribution in [0.4, 0.5) is 0 Å². The first-order valence-electron chi connectivity index (χ1n) is 4.43. The van der Waals surface area contributed by atoms with Gasteiger partial charge >= 0.3 is 0 Å². The van der Waals surface area contributed by atoms with Gasteiger partial charge in [-0.15, -0.1) is 0 Å². The van der Waals surface area contributed by atoms with Gasteiger partial charge in [0.2, 0.25) is 0 Å². The molecular formula is C11H20O. The van der Waals surface area contributed by atoms with Crippen LogP contribution in [0.15, 0.2) is 23.5 Å². The Hall–Kier alpha value is -0.720. The molecule has 0 saturated heterocycles. The summed E-state index contributed by atoms with van der Waals surface area (Å²) in [7, 11) is 0. The van der Waals surface area contributed by atoms with E-state index in [0.29, 0.717) is 0 Å². The van der Waals surface area contributed by atoms with Gasteiger partial charge in [-0.1, -0.05) is 39.3 Å². The summed E-state index contributed by atoms with van der Waals surface area (Å²) in [5, 5.41) is 9.00. The van der Waals surface area contributed by atoms with Crippen LogP contribution in [-0.4, -0.2) is 5.11 Å². The van der Waals surface area contributed by atoms with Gasteiger partial charge in [0.25, 0.3) is 0 Å². The molecule has 1 N–H and O–H groups in total. The van der Waals surface area contributed by atoms with Crippen LogP contribution in [0.3, 0.4) is 0 Å². The van der Waals surface area contributed by atoms with Crippen LogP contribution in [0, 0.1) is 5.41 Å². The molecule has 0 bridgehead atoms. The lowest BCUT2D eigenvalue weighted by Crippen LogP contribution is -2.07. The molecule has 70 valence electrons. The Labute approximate surface area is 75.8 Å². The van der Waals surface area contributed by atoms with Gasteiger partial charge in [0.05, 0.1) is 6.26 Å². The third kappa shape index (κ3) is 3.61. The lowest BCUT2D eigenvalue weighted by atomic mass is 9.86. The van der Waals surface area contributed by atoms with Crippen LogP contribution < -0.4 is 0 Å². The van der Waals surface area contributed by atoms with E-state index in [1.165, 1.54) is 11.8 Å². The zero-order valence-electron chi connectivity index (χ0n) is 8.81. The lowest BCUT2D eigenvalue weighted by molar-refractivity contribution is 0.431. The van der Waals surface area contributed by atoms with Crippen LogP contribution in [0.2, 0.25) is 0 Å². The molecule has 0 heterocycles. The molecule has 0 amide bonds. The fraction of sp³-hybridized carbons (Fsp3) is 0.636. The molecule has 0 aliphatic heterocycles. The van der Waals surface area contributed by atoms with E-state index < -0.39 is 0 Å². The fourth-order valence-corrected chi connectivity index (χ4v) is 0.815. The van der Waals surface area contributed by atoms with E-state index in [4.69, 9.17) is 5.11 Å². The number of aliphatic hydroxyl groups excluding tert-OH is 1. The van der Waals surface area contributed by atoms with E-state index >= 15 is 0 Å². The zero-order valence-corrected chi connectivity index (χ0v) is 8.81. The molecule has 0 fully saturated rings. The third-order valence-corrected chi connectivity index (χ3v) is 1.96. The van der Waals surface area contributed by atoms with Crippen molar-refractivity contribution in [1.29, 1.82) is 0 Å². The second-order valence-corrected chi connectivity index (χ2v) is 4.18. The highest BCUT2D eigenvalue weighted by molar-refractivity contribution is 5.25. The molecule has 1 nitrogen and oxygen atoms in total. The molecule has 0 aliphatic rings. The van der Waals surface area contributed by atoms with Gasteiger partial charge in [-0.05, 0) is 24.3 Å². The van der Waals surface area contributed by atoms with E-state index in [0.717, 1.165) is 12.0 Å². The van der Waals surface area contributed by atoms with Gasteiger partial charge < -0.3 is 5.11 Å². The molecule has 0 saturated carbocycles. The van der Waals surface area contributed by atoms with Crippen LogP contribution >= 0.6 is 0 Å². The van der Waals surface area contributed by atoms with E-state index in [9.17, 15) is 0 Å². The van der Waals surface area contributed by atoms with Crippen molar-refractivity contribution in [2.75, 3.05) is 0 Å². The maximum absolute atomic E-state index is 9.00. The van der Waals surface area contributed by atoms with Crippen LogP contribution in [0.5, 0.6) is 0 Å².